The molecule has 0 aliphatic rings. The molecule has 18 heavy (non-hydrogen) atoms. The van der Waals surface area contributed by atoms with E-state index < -0.39 is 5.97 Å². The summed E-state index contributed by atoms with van der Waals surface area (Å²) in [6.45, 7) is 20.5. The van der Waals surface area contributed by atoms with Crippen molar-refractivity contribution in [2.75, 3.05) is 0 Å². The third-order valence-corrected chi connectivity index (χ3v) is 1.57. The van der Waals surface area contributed by atoms with Crippen LogP contribution in [0.5, 0.6) is 0 Å². The number of carboxylic acids is 1. The normalized spacial score (nSPS) is 10.1. The van der Waals surface area contributed by atoms with Crippen molar-refractivity contribution < 1.29 is 9.90 Å². The van der Waals surface area contributed by atoms with Crippen LogP contribution in [0.15, 0.2) is 60.8 Å². The first kappa shape index (κ1) is 21.5. The smallest absolute Gasteiger partial charge is 0.335 e. The minimum Gasteiger partial charge on any atom is -0.478 e. The van der Waals surface area contributed by atoms with Crippen molar-refractivity contribution in [1.29, 1.82) is 0 Å². The Hall–Kier alpha value is -1.83. The van der Waals surface area contributed by atoms with Gasteiger partial charge in [0.05, 0.1) is 5.57 Å². The van der Waals surface area contributed by atoms with Gasteiger partial charge >= 0.3 is 5.97 Å². The number of hydrogen-bond acceptors (Lipinski definition) is 1. The molecular formula is C16H26O2. The fourth-order valence-electron chi connectivity index (χ4n) is 0.816. The monoisotopic (exact) mass is 250 g/mol. The van der Waals surface area contributed by atoms with Crippen LogP contribution in [0.25, 0.3) is 0 Å². The molecule has 102 valence electrons. The van der Waals surface area contributed by atoms with Gasteiger partial charge in [0.25, 0.3) is 0 Å². The van der Waals surface area contributed by atoms with Crippen LogP contribution in [0.3, 0.4) is 0 Å². The maximum Gasteiger partial charge on any atom is 0.335 e. The molecule has 0 aliphatic heterocycles. The van der Waals surface area contributed by atoms with E-state index in [1.54, 1.807) is 19.1 Å². The van der Waals surface area contributed by atoms with Gasteiger partial charge in [-0.3, -0.25) is 0 Å². The molecule has 0 saturated carbocycles. The third kappa shape index (κ3) is 10.7. The number of hydrogen-bond donors (Lipinski definition) is 1. The Labute approximate surface area is 112 Å². The summed E-state index contributed by atoms with van der Waals surface area (Å²) in [5.41, 5.74) is 1.66. The van der Waals surface area contributed by atoms with E-state index in [1.165, 1.54) is 12.2 Å². The summed E-state index contributed by atoms with van der Waals surface area (Å²) in [5, 5.41) is 8.75. The Morgan fingerprint density at radius 2 is 1.50 bits per heavy atom. The van der Waals surface area contributed by atoms with Gasteiger partial charge in [0.15, 0.2) is 0 Å². The minimum absolute atomic E-state index is 0.140. The Morgan fingerprint density at radius 1 is 1.06 bits per heavy atom. The molecule has 1 N–H and O–H groups in total. The molecule has 0 amide bonds. The standard InChI is InChI=1S/C12H14O2.2C2H6/c1-5-7-11(9(3)4)8-10(6-2)12(13)14;2*1-2/h5-8H,1-3H2,4H3,(H,13,14);2*1-2H3/b10-8+,11-7+;;. The average Bonchev–Trinajstić information content (AvgIpc) is 2.38. The van der Waals surface area contributed by atoms with Gasteiger partial charge in [0.1, 0.15) is 0 Å². The number of rotatable bonds is 5. The minimum atomic E-state index is -1.00. The Balaban J connectivity index is -0.000000506. The van der Waals surface area contributed by atoms with Crippen LogP contribution in [0.4, 0.5) is 0 Å². The summed E-state index contributed by atoms with van der Waals surface area (Å²) in [5.74, 6) is -1.00. The lowest BCUT2D eigenvalue weighted by atomic mass is 10.1. The summed E-state index contributed by atoms with van der Waals surface area (Å²) in [6, 6.07) is 0. The lowest BCUT2D eigenvalue weighted by molar-refractivity contribution is -0.132. The number of allylic oxidation sites excluding steroid dienone is 5. The highest BCUT2D eigenvalue weighted by Crippen LogP contribution is 2.12. The van der Waals surface area contributed by atoms with Crippen molar-refractivity contribution in [3.63, 3.8) is 0 Å². The highest BCUT2D eigenvalue weighted by molar-refractivity contribution is 5.90. The van der Waals surface area contributed by atoms with Gasteiger partial charge in [0, 0.05) is 0 Å². The van der Waals surface area contributed by atoms with Crippen LogP contribution in [-0.4, -0.2) is 11.1 Å². The van der Waals surface area contributed by atoms with E-state index in [1.807, 2.05) is 27.7 Å². The molecule has 0 aliphatic carbocycles. The molecule has 0 heterocycles. The SMILES string of the molecule is C=C/C=C(\C=C(/C=C)C(=O)O)C(=C)C.CC.CC. The summed E-state index contributed by atoms with van der Waals surface area (Å²) in [6.07, 6.45) is 6.10. The summed E-state index contributed by atoms with van der Waals surface area (Å²) < 4.78 is 0. The molecule has 0 unspecified atom stereocenters. The second-order valence-corrected chi connectivity index (χ2v) is 2.75. The molecule has 0 radical (unpaired) electrons. The maximum absolute atomic E-state index is 10.7. The molecule has 0 aromatic carbocycles. The molecule has 0 bridgehead atoms. The molecule has 0 spiro atoms. The largest absolute Gasteiger partial charge is 0.478 e. The maximum atomic E-state index is 10.7. The summed E-state index contributed by atoms with van der Waals surface area (Å²) >= 11 is 0. The second kappa shape index (κ2) is 15.2. The zero-order chi connectivity index (χ0) is 15.1. The first-order chi connectivity index (χ1) is 8.52. The molecule has 0 aromatic heterocycles. The van der Waals surface area contributed by atoms with Crippen LogP contribution < -0.4 is 0 Å². The van der Waals surface area contributed by atoms with Crippen molar-refractivity contribution >= 4 is 5.97 Å². The third-order valence-electron chi connectivity index (χ3n) is 1.57. The van der Waals surface area contributed by atoms with Gasteiger partial charge in [-0.05, 0) is 18.6 Å². The fourth-order valence-corrected chi connectivity index (χ4v) is 0.816. The van der Waals surface area contributed by atoms with Crippen molar-refractivity contribution in [1.82, 2.24) is 0 Å². The summed E-state index contributed by atoms with van der Waals surface area (Å²) in [4.78, 5) is 10.7. The zero-order valence-corrected chi connectivity index (χ0v) is 12.3. The van der Waals surface area contributed by atoms with Crippen molar-refractivity contribution in [3.05, 3.63) is 60.8 Å². The van der Waals surface area contributed by atoms with Crippen molar-refractivity contribution in [2.24, 2.45) is 0 Å². The Bertz CT molecular complexity index is 331. The van der Waals surface area contributed by atoms with Gasteiger partial charge in [-0.15, -0.1) is 0 Å². The van der Waals surface area contributed by atoms with E-state index in [2.05, 4.69) is 19.7 Å². The van der Waals surface area contributed by atoms with E-state index in [0.717, 1.165) is 11.1 Å². The van der Waals surface area contributed by atoms with Crippen molar-refractivity contribution in [2.45, 2.75) is 34.6 Å². The molecule has 0 fully saturated rings. The summed E-state index contributed by atoms with van der Waals surface area (Å²) in [7, 11) is 0. The number of carboxylic acid groups (broad SMARTS) is 1. The van der Waals surface area contributed by atoms with E-state index in [0.29, 0.717) is 0 Å². The highest BCUT2D eigenvalue weighted by atomic mass is 16.4. The van der Waals surface area contributed by atoms with Crippen LogP contribution in [-0.2, 0) is 4.79 Å². The van der Waals surface area contributed by atoms with E-state index in [4.69, 9.17) is 5.11 Å². The van der Waals surface area contributed by atoms with Gasteiger partial charge in [-0.25, -0.2) is 4.79 Å². The second-order valence-electron chi connectivity index (χ2n) is 2.75. The first-order valence-corrected chi connectivity index (χ1v) is 6.09. The predicted octanol–water partition coefficient (Wildman–Crippen LogP) is 4.92. The van der Waals surface area contributed by atoms with E-state index in [9.17, 15) is 4.79 Å². The van der Waals surface area contributed by atoms with Crippen LogP contribution in [0, 0.1) is 0 Å². The Kier molecular flexibility index (Phi) is 18.1. The zero-order valence-electron chi connectivity index (χ0n) is 12.3. The molecule has 0 aromatic rings. The van der Waals surface area contributed by atoms with Gasteiger partial charge in [-0.2, -0.15) is 0 Å². The molecule has 0 rings (SSSR count). The lowest BCUT2D eigenvalue weighted by Gasteiger charge is -2.00. The topological polar surface area (TPSA) is 37.3 Å². The van der Waals surface area contributed by atoms with Gasteiger partial charge in [-0.1, -0.05) is 71.2 Å². The molecule has 0 atom stereocenters. The quantitative estimate of drug-likeness (QED) is 0.555. The molecular weight excluding hydrogens is 224 g/mol. The van der Waals surface area contributed by atoms with Crippen LogP contribution >= 0.6 is 0 Å². The van der Waals surface area contributed by atoms with Crippen LogP contribution in [0.2, 0.25) is 0 Å². The highest BCUT2D eigenvalue weighted by Gasteiger charge is 2.03. The lowest BCUT2D eigenvalue weighted by Crippen LogP contribution is -1.98. The number of aliphatic carboxylic acids is 1. The van der Waals surface area contributed by atoms with E-state index in [-0.39, 0.29) is 5.57 Å². The Morgan fingerprint density at radius 3 is 1.72 bits per heavy atom. The number of carbonyl (C=O) groups is 1. The molecule has 2 nitrogen and oxygen atoms in total. The average molecular weight is 250 g/mol. The van der Waals surface area contributed by atoms with E-state index >= 15 is 0 Å². The fraction of sp³-hybridized carbons (Fsp3) is 0.312. The van der Waals surface area contributed by atoms with Crippen molar-refractivity contribution in [3.8, 4) is 0 Å². The van der Waals surface area contributed by atoms with Gasteiger partial charge < -0.3 is 5.11 Å². The molecule has 2 heteroatoms. The molecule has 0 saturated heterocycles. The first-order valence-electron chi connectivity index (χ1n) is 6.09. The predicted molar refractivity (Wildman–Crippen MR) is 81.7 cm³/mol. The van der Waals surface area contributed by atoms with Crippen LogP contribution in [0.1, 0.15) is 34.6 Å². The van der Waals surface area contributed by atoms with Gasteiger partial charge in [0.2, 0.25) is 0 Å².